The van der Waals surface area contributed by atoms with Crippen molar-refractivity contribution in [3.8, 4) is 0 Å². The van der Waals surface area contributed by atoms with Crippen LogP contribution in [0, 0.1) is 0 Å². The summed E-state index contributed by atoms with van der Waals surface area (Å²) >= 11 is 0. The normalized spacial score (nSPS) is 12.7. The van der Waals surface area contributed by atoms with Gasteiger partial charge in [0.25, 0.3) is 0 Å². The number of carbonyl (C=O) groups is 3. The van der Waals surface area contributed by atoms with Gasteiger partial charge in [-0.1, -0.05) is 311 Å². The summed E-state index contributed by atoms with van der Waals surface area (Å²) in [4.78, 5) is 38.3. The van der Waals surface area contributed by atoms with E-state index in [2.05, 4.69) is 118 Å². The lowest BCUT2D eigenvalue weighted by Crippen LogP contribution is -2.30. The minimum Gasteiger partial charge on any atom is -0.462 e. The molecule has 6 nitrogen and oxygen atoms in total. The number of allylic oxidation sites excluding steroid dienone is 16. The number of rotatable bonds is 61. The predicted molar refractivity (Wildman–Crippen MR) is 344 cm³/mol. The molecule has 0 N–H and O–H groups in total. The van der Waals surface area contributed by atoms with Crippen LogP contribution in [0.4, 0.5) is 0 Å². The number of hydrogen-bond acceptors (Lipinski definition) is 6. The van der Waals surface area contributed by atoms with Crippen LogP contribution in [-0.2, 0) is 28.6 Å². The molecule has 0 amide bonds. The van der Waals surface area contributed by atoms with Gasteiger partial charge < -0.3 is 14.2 Å². The molecule has 0 heterocycles. The molecule has 0 aromatic heterocycles. The average Bonchev–Trinajstić information content (AvgIpc) is 3.45. The minimum atomic E-state index is -0.785. The fraction of sp³-hybridized carbons (Fsp3) is 0.740. The highest BCUT2D eigenvalue weighted by Gasteiger charge is 2.19. The topological polar surface area (TPSA) is 78.9 Å². The molecule has 1 unspecified atom stereocenters. The van der Waals surface area contributed by atoms with Gasteiger partial charge in [-0.15, -0.1) is 0 Å². The first-order valence-electron chi connectivity index (χ1n) is 33.7. The van der Waals surface area contributed by atoms with Gasteiger partial charge in [-0.05, 0) is 96.3 Å². The molecule has 0 aliphatic carbocycles. The van der Waals surface area contributed by atoms with Crippen molar-refractivity contribution < 1.29 is 28.6 Å². The molecule has 6 heteroatoms. The van der Waals surface area contributed by atoms with E-state index < -0.39 is 6.10 Å². The Bertz CT molecular complexity index is 1540. The smallest absolute Gasteiger partial charge is 0.306 e. The maximum atomic E-state index is 12.9. The molecule has 0 fully saturated rings. The first-order chi connectivity index (χ1) is 39.0. The van der Waals surface area contributed by atoms with Crippen LogP contribution in [0.15, 0.2) is 97.2 Å². The molecular weight excluding hydrogens is 973 g/mol. The zero-order valence-corrected chi connectivity index (χ0v) is 52.1. The van der Waals surface area contributed by atoms with Crippen molar-refractivity contribution in [1.29, 1.82) is 0 Å². The van der Waals surface area contributed by atoms with E-state index >= 15 is 0 Å². The van der Waals surface area contributed by atoms with Gasteiger partial charge in [0, 0.05) is 19.3 Å². The van der Waals surface area contributed by atoms with E-state index in [1.54, 1.807) is 0 Å². The number of ether oxygens (including phenoxy) is 3. The molecule has 79 heavy (non-hydrogen) atoms. The van der Waals surface area contributed by atoms with Crippen LogP contribution in [-0.4, -0.2) is 37.2 Å². The van der Waals surface area contributed by atoms with Gasteiger partial charge in [0.05, 0.1) is 0 Å². The SMILES string of the molecule is CC/C=C\C/C=C\C/C=C\C/C=C\C/C=C\C/C=C\C/C=C\CCCCCCCCCC(=O)OCC(COC(=O)CCCCCCC/C=C\CCC)OC(=O)CCCCCCCCCCCCCCCCCCCCCCCC. The monoisotopic (exact) mass is 1100 g/mol. The Morgan fingerprint density at radius 1 is 0.266 bits per heavy atom. The highest BCUT2D eigenvalue weighted by atomic mass is 16.6. The van der Waals surface area contributed by atoms with Gasteiger partial charge in [0.2, 0.25) is 0 Å². The Kier molecular flexibility index (Phi) is 63.7. The van der Waals surface area contributed by atoms with Crippen LogP contribution in [0.1, 0.15) is 329 Å². The summed E-state index contributed by atoms with van der Waals surface area (Å²) in [5, 5.41) is 0. The molecule has 0 radical (unpaired) electrons. The zero-order chi connectivity index (χ0) is 57.1. The van der Waals surface area contributed by atoms with Crippen LogP contribution in [0.25, 0.3) is 0 Å². The maximum absolute atomic E-state index is 12.9. The lowest BCUT2D eigenvalue weighted by molar-refractivity contribution is -0.167. The molecule has 0 rings (SSSR count). The van der Waals surface area contributed by atoms with Crippen LogP contribution in [0.3, 0.4) is 0 Å². The molecule has 0 aliphatic heterocycles. The van der Waals surface area contributed by atoms with E-state index in [0.717, 1.165) is 122 Å². The summed E-state index contributed by atoms with van der Waals surface area (Å²) in [6, 6.07) is 0. The molecular formula is C73H126O6. The number of carbonyl (C=O) groups excluding carboxylic acids is 3. The molecule has 0 aromatic carbocycles. The summed E-state index contributed by atoms with van der Waals surface area (Å²) in [5.74, 6) is -0.891. The molecule has 0 aromatic rings. The fourth-order valence-electron chi connectivity index (χ4n) is 9.55. The van der Waals surface area contributed by atoms with Gasteiger partial charge in [0.15, 0.2) is 6.10 Å². The maximum Gasteiger partial charge on any atom is 0.306 e. The van der Waals surface area contributed by atoms with Crippen molar-refractivity contribution in [2.45, 2.75) is 335 Å². The van der Waals surface area contributed by atoms with Crippen molar-refractivity contribution in [1.82, 2.24) is 0 Å². The Morgan fingerprint density at radius 3 is 0.835 bits per heavy atom. The van der Waals surface area contributed by atoms with Crippen LogP contribution in [0.2, 0.25) is 0 Å². The first kappa shape index (κ1) is 75.3. The second kappa shape index (κ2) is 66.8. The van der Waals surface area contributed by atoms with Gasteiger partial charge in [0.1, 0.15) is 13.2 Å². The Labute approximate surface area is 489 Å². The van der Waals surface area contributed by atoms with Crippen LogP contribution >= 0.6 is 0 Å². The van der Waals surface area contributed by atoms with Crippen molar-refractivity contribution >= 4 is 17.9 Å². The molecule has 454 valence electrons. The molecule has 0 bridgehead atoms. The minimum absolute atomic E-state index is 0.0828. The van der Waals surface area contributed by atoms with Crippen molar-refractivity contribution in [2.24, 2.45) is 0 Å². The van der Waals surface area contributed by atoms with E-state index in [0.29, 0.717) is 19.3 Å². The second-order valence-electron chi connectivity index (χ2n) is 22.4. The van der Waals surface area contributed by atoms with Gasteiger partial charge >= 0.3 is 17.9 Å². The Hall–Kier alpha value is -3.67. The molecule has 0 saturated carbocycles. The summed E-state index contributed by atoms with van der Waals surface area (Å²) in [6.45, 7) is 6.49. The van der Waals surface area contributed by atoms with E-state index in [-0.39, 0.29) is 31.1 Å². The lowest BCUT2D eigenvalue weighted by Gasteiger charge is -2.18. The van der Waals surface area contributed by atoms with Crippen molar-refractivity contribution in [2.75, 3.05) is 13.2 Å². The molecule has 1 atom stereocenters. The van der Waals surface area contributed by atoms with Crippen LogP contribution < -0.4 is 0 Å². The van der Waals surface area contributed by atoms with E-state index in [1.165, 1.54) is 167 Å². The molecule has 0 aliphatic rings. The average molecular weight is 1100 g/mol. The summed E-state index contributed by atoms with van der Waals surface area (Å²) in [6.07, 6.45) is 90.0. The molecule has 0 saturated heterocycles. The Balaban J connectivity index is 4.24. The third-order valence-corrected chi connectivity index (χ3v) is 14.6. The zero-order valence-electron chi connectivity index (χ0n) is 52.1. The van der Waals surface area contributed by atoms with Gasteiger partial charge in [-0.3, -0.25) is 14.4 Å². The summed E-state index contributed by atoms with van der Waals surface area (Å²) < 4.78 is 16.9. The van der Waals surface area contributed by atoms with E-state index in [1.807, 2.05) is 0 Å². The third-order valence-electron chi connectivity index (χ3n) is 14.6. The van der Waals surface area contributed by atoms with Gasteiger partial charge in [-0.2, -0.15) is 0 Å². The fourth-order valence-corrected chi connectivity index (χ4v) is 9.55. The number of hydrogen-bond donors (Lipinski definition) is 0. The highest BCUT2D eigenvalue weighted by molar-refractivity contribution is 5.71. The highest BCUT2D eigenvalue weighted by Crippen LogP contribution is 2.17. The van der Waals surface area contributed by atoms with E-state index in [4.69, 9.17) is 14.2 Å². The third kappa shape index (κ3) is 65.0. The largest absolute Gasteiger partial charge is 0.462 e. The lowest BCUT2D eigenvalue weighted by atomic mass is 10.0. The summed E-state index contributed by atoms with van der Waals surface area (Å²) in [5.41, 5.74) is 0. The standard InChI is InChI=1S/C73H126O6/c1-4-7-10-13-16-19-22-24-26-28-30-32-34-35-36-37-38-39-40-42-43-45-47-49-51-54-57-60-63-66-72(75)78-69-70(68-77-71(74)65-62-59-56-53-21-18-15-12-9-6-3)79-73(76)67-64-61-58-55-52-50-48-46-44-41-33-31-29-27-25-23-20-17-14-11-8-5-2/h7,10,12,15-16,19,24,26,30,32,35-36,38-39,42-43,70H,4-6,8-9,11,13-14,17-18,20-23,25,27-29,31,33-34,37,40-41,44-69H2,1-3H3/b10-7-,15-12-,19-16-,26-24-,32-30-,36-35-,39-38-,43-42-. The number of esters is 3. The van der Waals surface area contributed by atoms with E-state index in [9.17, 15) is 14.4 Å². The predicted octanol–water partition coefficient (Wildman–Crippen LogP) is 23.2. The van der Waals surface area contributed by atoms with Crippen molar-refractivity contribution in [3.63, 3.8) is 0 Å². The van der Waals surface area contributed by atoms with Crippen LogP contribution in [0.5, 0.6) is 0 Å². The van der Waals surface area contributed by atoms with Crippen molar-refractivity contribution in [3.05, 3.63) is 97.2 Å². The number of unbranched alkanes of at least 4 members (excludes halogenated alkanes) is 34. The Morgan fingerprint density at radius 2 is 0.519 bits per heavy atom. The molecule has 0 spiro atoms. The first-order valence-corrected chi connectivity index (χ1v) is 33.7. The second-order valence-corrected chi connectivity index (χ2v) is 22.4. The quantitative estimate of drug-likeness (QED) is 0.0261. The van der Waals surface area contributed by atoms with Gasteiger partial charge in [-0.25, -0.2) is 0 Å². The summed E-state index contributed by atoms with van der Waals surface area (Å²) in [7, 11) is 0.